The van der Waals surface area contributed by atoms with Crippen molar-refractivity contribution in [1.82, 2.24) is 24.9 Å². The summed E-state index contributed by atoms with van der Waals surface area (Å²) in [5.41, 5.74) is 3.21. The highest BCUT2D eigenvalue weighted by molar-refractivity contribution is 5.96. The van der Waals surface area contributed by atoms with Crippen LogP contribution in [-0.4, -0.2) is 31.4 Å². The first-order valence-electron chi connectivity index (χ1n) is 8.99. The van der Waals surface area contributed by atoms with Crippen LogP contribution in [0.25, 0.3) is 0 Å². The number of nitrogens with zero attached hydrogens (tertiary/aromatic N) is 4. The van der Waals surface area contributed by atoms with Gasteiger partial charge in [-0.1, -0.05) is 12.8 Å². The van der Waals surface area contributed by atoms with Gasteiger partial charge in [-0.05, 0) is 26.7 Å². The summed E-state index contributed by atoms with van der Waals surface area (Å²) >= 11 is 0. The number of anilines is 1. The Morgan fingerprint density at radius 1 is 1.15 bits per heavy atom. The van der Waals surface area contributed by atoms with Crippen molar-refractivity contribution in [2.24, 2.45) is 20.0 Å². The van der Waals surface area contributed by atoms with E-state index in [9.17, 15) is 9.59 Å². The topological polar surface area (TPSA) is 93.8 Å². The minimum absolute atomic E-state index is 0.0130. The largest absolute Gasteiger partial charge is 0.346 e. The third-order valence-corrected chi connectivity index (χ3v) is 5.17. The molecule has 2 N–H and O–H groups in total. The van der Waals surface area contributed by atoms with Crippen LogP contribution in [-0.2, 0) is 25.4 Å². The maximum absolute atomic E-state index is 12.4. The summed E-state index contributed by atoms with van der Waals surface area (Å²) in [5.74, 6) is 0.350. The van der Waals surface area contributed by atoms with Crippen LogP contribution in [0.4, 0.5) is 5.82 Å². The summed E-state index contributed by atoms with van der Waals surface area (Å²) in [6.07, 6.45) is 4.07. The van der Waals surface area contributed by atoms with Gasteiger partial charge in [-0.2, -0.15) is 10.2 Å². The zero-order valence-electron chi connectivity index (χ0n) is 15.8. The molecule has 1 aliphatic rings. The van der Waals surface area contributed by atoms with Crippen LogP contribution >= 0.6 is 0 Å². The van der Waals surface area contributed by atoms with E-state index in [0.29, 0.717) is 12.4 Å². The SMILES string of the molecule is Cc1nn(C)c(C)c1CNC(=O)c1cc(NC(=O)C2CCCC2)n(C)n1. The monoisotopic (exact) mass is 358 g/mol. The summed E-state index contributed by atoms with van der Waals surface area (Å²) in [7, 11) is 3.60. The minimum atomic E-state index is -0.274. The standard InChI is InChI=1S/C18H26N6O2/c1-11-14(12(2)23(3)21-11)10-19-18(26)15-9-16(24(4)22-15)20-17(25)13-7-5-6-8-13/h9,13H,5-8,10H2,1-4H3,(H,19,26)(H,20,25). The van der Waals surface area contributed by atoms with Gasteiger partial charge in [0.1, 0.15) is 5.82 Å². The average Bonchev–Trinajstić information content (AvgIpc) is 3.29. The van der Waals surface area contributed by atoms with Crippen LogP contribution in [0.2, 0.25) is 0 Å². The van der Waals surface area contributed by atoms with E-state index >= 15 is 0 Å². The highest BCUT2D eigenvalue weighted by atomic mass is 16.2. The van der Waals surface area contributed by atoms with E-state index in [1.807, 2.05) is 20.9 Å². The number of rotatable bonds is 5. The van der Waals surface area contributed by atoms with Gasteiger partial charge in [0, 0.05) is 43.9 Å². The number of carbonyl (C=O) groups excluding carboxylic acids is 2. The molecule has 26 heavy (non-hydrogen) atoms. The Morgan fingerprint density at radius 3 is 2.46 bits per heavy atom. The Kier molecular flexibility index (Phi) is 5.11. The summed E-state index contributed by atoms with van der Waals surface area (Å²) in [4.78, 5) is 24.7. The second kappa shape index (κ2) is 7.31. The van der Waals surface area contributed by atoms with Crippen LogP contribution in [0.3, 0.4) is 0 Å². The van der Waals surface area contributed by atoms with Crippen LogP contribution in [0.5, 0.6) is 0 Å². The number of aryl methyl sites for hydroxylation is 3. The number of hydrogen-bond acceptors (Lipinski definition) is 4. The molecule has 8 heteroatoms. The summed E-state index contributed by atoms with van der Waals surface area (Å²) < 4.78 is 3.33. The van der Waals surface area contributed by atoms with Crippen molar-refractivity contribution in [3.05, 3.63) is 28.7 Å². The number of amides is 2. The molecule has 0 bridgehead atoms. The predicted octanol–water partition coefficient (Wildman–Crippen LogP) is 1.83. The second-order valence-corrected chi connectivity index (χ2v) is 6.96. The molecule has 140 valence electrons. The Labute approximate surface area is 152 Å². The average molecular weight is 358 g/mol. The number of nitrogens with one attached hydrogen (secondary N) is 2. The van der Waals surface area contributed by atoms with Crippen molar-refractivity contribution in [1.29, 1.82) is 0 Å². The number of hydrogen-bond donors (Lipinski definition) is 2. The van der Waals surface area contributed by atoms with Crippen molar-refractivity contribution in [2.45, 2.75) is 46.1 Å². The lowest BCUT2D eigenvalue weighted by Gasteiger charge is -2.09. The van der Waals surface area contributed by atoms with Gasteiger partial charge < -0.3 is 10.6 Å². The van der Waals surface area contributed by atoms with Crippen molar-refractivity contribution < 1.29 is 9.59 Å². The molecule has 1 saturated carbocycles. The zero-order valence-corrected chi connectivity index (χ0v) is 15.8. The first kappa shape index (κ1) is 18.2. The van der Waals surface area contributed by atoms with E-state index < -0.39 is 0 Å². The Bertz CT molecular complexity index is 829. The fourth-order valence-corrected chi connectivity index (χ4v) is 3.44. The maximum atomic E-state index is 12.4. The Hall–Kier alpha value is -2.64. The predicted molar refractivity (Wildman–Crippen MR) is 97.6 cm³/mol. The quantitative estimate of drug-likeness (QED) is 0.853. The third-order valence-electron chi connectivity index (χ3n) is 5.17. The summed E-state index contributed by atoms with van der Waals surface area (Å²) in [6, 6.07) is 1.62. The lowest BCUT2D eigenvalue weighted by Crippen LogP contribution is -2.24. The van der Waals surface area contributed by atoms with Gasteiger partial charge in [0.05, 0.1) is 5.69 Å². The maximum Gasteiger partial charge on any atom is 0.272 e. The third kappa shape index (κ3) is 3.63. The zero-order chi connectivity index (χ0) is 18.8. The molecule has 0 radical (unpaired) electrons. The van der Waals surface area contributed by atoms with Crippen LogP contribution < -0.4 is 10.6 Å². The van der Waals surface area contributed by atoms with E-state index in [1.165, 1.54) is 4.68 Å². The molecule has 0 saturated heterocycles. The molecule has 2 aromatic rings. The molecule has 1 aliphatic carbocycles. The normalized spacial score (nSPS) is 14.6. The lowest BCUT2D eigenvalue weighted by atomic mass is 10.1. The van der Waals surface area contributed by atoms with Crippen LogP contribution in [0, 0.1) is 19.8 Å². The fourth-order valence-electron chi connectivity index (χ4n) is 3.44. The van der Waals surface area contributed by atoms with Gasteiger partial charge in [0.15, 0.2) is 5.69 Å². The Morgan fingerprint density at radius 2 is 1.85 bits per heavy atom. The number of aromatic nitrogens is 4. The molecule has 3 rings (SSSR count). The lowest BCUT2D eigenvalue weighted by molar-refractivity contribution is -0.119. The minimum Gasteiger partial charge on any atom is -0.346 e. The molecule has 2 amide bonds. The molecule has 0 unspecified atom stereocenters. The summed E-state index contributed by atoms with van der Waals surface area (Å²) in [5, 5.41) is 14.3. The van der Waals surface area contributed by atoms with Crippen molar-refractivity contribution in [2.75, 3.05) is 5.32 Å². The van der Waals surface area contributed by atoms with E-state index in [2.05, 4.69) is 20.8 Å². The molecule has 1 fully saturated rings. The first-order chi connectivity index (χ1) is 12.4. The van der Waals surface area contributed by atoms with Crippen molar-refractivity contribution >= 4 is 17.6 Å². The molecule has 2 aromatic heterocycles. The number of carbonyl (C=O) groups is 2. The van der Waals surface area contributed by atoms with Gasteiger partial charge >= 0.3 is 0 Å². The highest BCUT2D eigenvalue weighted by Gasteiger charge is 2.24. The van der Waals surface area contributed by atoms with Gasteiger partial charge in [0.25, 0.3) is 5.91 Å². The van der Waals surface area contributed by atoms with Gasteiger partial charge in [-0.25, -0.2) is 0 Å². The highest BCUT2D eigenvalue weighted by Crippen LogP contribution is 2.26. The van der Waals surface area contributed by atoms with Crippen molar-refractivity contribution in [3.8, 4) is 0 Å². The van der Waals surface area contributed by atoms with Gasteiger partial charge in [-0.15, -0.1) is 0 Å². The summed E-state index contributed by atoms with van der Waals surface area (Å²) in [6.45, 7) is 4.29. The van der Waals surface area contributed by atoms with Gasteiger partial charge in [-0.3, -0.25) is 19.0 Å². The van der Waals surface area contributed by atoms with Gasteiger partial charge in [0.2, 0.25) is 5.91 Å². The molecular weight excluding hydrogens is 332 g/mol. The molecule has 0 spiro atoms. The van der Waals surface area contributed by atoms with E-state index in [-0.39, 0.29) is 23.4 Å². The molecule has 0 atom stereocenters. The molecular formula is C18H26N6O2. The van der Waals surface area contributed by atoms with Crippen molar-refractivity contribution in [3.63, 3.8) is 0 Å². The first-order valence-corrected chi connectivity index (χ1v) is 8.99. The van der Waals surface area contributed by atoms with E-state index in [1.54, 1.807) is 17.8 Å². The molecule has 8 nitrogen and oxygen atoms in total. The van der Waals surface area contributed by atoms with Crippen LogP contribution in [0.1, 0.15) is 53.1 Å². The molecule has 0 aliphatic heterocycles. The van der Waals surface area contributed by atoms with E-state index in [4.69, 9.17) is 0 Å². The van der Waals surface area contributed by atoms with E-state index in [0.717, 1.165) is 42.6 Å². The fraction of sp³-hybridized carbons (Fsp3) is 0.556. The smallest absolute Gasteiger partial charge is 0.272 e. The second-order valence-electron chi connectivity index (χ2n) is 6.96. The Balaban J connectivity index is 1.64. The van der Waals surface area contributed by atoms with Crippen LogP contribution in [0.15, 0.2) is 6.07 Å². The molecule has 0 aromatic carbocycles. The molecule has 2 heterocycles.